The van der Waals surface area contributed by atoms with Crippen LogP contribution in [0.5, 0.6) is 11.5 Å². The number of hydrogen-bond donors (Lipinski definition) is 1. The van der Waals surface area contributed by atoms with Gasteiger partial charge in [0.05, 0.1) is 54.3 Å². The van der Waals surface area contributed by atoms with Crippen molar-refractivity contribution in [3.63, 3.8) is 0 Å². The molecule has 1 saturated heterocycles. The van der Waals surface area contributed by atoms with Crippen LogP contribution in [0.3, 0.4) is 0 Å². The molecular weight excluding hydrogens is 476 g/mol. The molecule has 3 aromatic heterocycles. The van der Waals surface area contributed by atoms with E-state index in [0.717, 1.165) is 22.4 Å². The Labute approximate surface area is 203 Å². The number of aromatic nitrogens is 6. The number of ether oxygens (including phenoxy) is 1. The second-order valence-electron chi connectivity index (χ2n) is 8.66. The van der Waals surface area contributed by atoms with E-state index >= 15 is 0 Å². The van der Waals surface area contributed by atoms with Crippen molar-refractivity contribution in [2.45, 2.75) is 19.4 Å². The van der Waals surface area contributed by atoms with Crippen molar-refractivity contribution in [3.8, 4) is 22.8 Å². The maximum atomic E-state index is 13.0. The van der Waals surface area contributed by atoms with Crippen LogP contribution in [0, 0.1) is 6.92 Å². The van der Waals surface area contributed by atoms with Crippen LogP contribution in [0.1, 0.15) is 5.82 Å². The number of halogens is 3. The Hall–Kier alpha value is -3.63. The molecule has 2 aromatic carbocycles. The summed E-state index contributed by atoms with van der Waals surface area (Å²) in [6.45, 7) is 2.52. The molecule has 0 saturated carbocycles. The third-order valence-electron chi connectivity index (χ3n) is 5.90. The maximum Gasteiger partial charge on any atom is 0.272 e. The Bertz CT molecular complexity index is 1560. The molecule has 1 fully saturated rings. The van der Waals surface area contributed by atoms with E-state index < -0.39 is 5.92 Å². The quantitative estimate of drug-likeness (QED) is 0.354. The fraction of sp³-hybridized carbons (Fsp3) is 0.250. The molecule has 1 aliphatic heterocycles. The zero-order valence-corrected chi connectivity index (χ0v) is 19.4. The lowest BCUT2D eigenvalue weighted by molar-refractivity contribution is -0.131. The molecule has 4 heterocycles. The van der Waals surface area contributed by atoms with E-state index in [-0.39, 0.29) is 13.1 Å². The lowest BCUT2D eigenvalue weighted by atomic mass is 10.1. The number of nitrogens with zero attached hydrogens (tertiary/aromatic N) is 6. The Morgan fingerprint density at radius 1 is 1.09 bits per heavy atom. The molecule has 6 rings (SSSR count). The lowest BCUT2D eigenvalue weighted by Crippen LogP contribution is -2.56. The number of likely N-dealkylation sites (tertiary alicyclic amines) is 1. The van der Waals surface area contributed by atoms with Crippen molar-refractivity contribution in [2.24, 2.45) is 0 Å². The van der Waals surface area contributed by atoms with Crippen LogP contribution < -0.4 is 4.74 Å². The summed E-state index contributed by atoms with van der Waals surface area (Å²) in [5.74, 6) is -0.659. The first-order valence-corrected chi connectivity index (χ1v) is 11.4. The Morgan fingerprint density at radius 2 is 1.91 bits per heavy atom. The van der Waals surface area contributed by atoms with Crippen molar-refractivity contribution < 1.29 is 13.5 Å². The van der Waals surface area contributed by atoms with Gasteiger partial charge in [-0.1, -0.05) is 11.6 Å². The molecule has 35 heavy (non-hydrogen) atoms. The van der Waals surface area contributed by atoms with Crippen LogP contribution in [-0.4, -0.2) is 60.2 Å². The third kappa shape index (κ3) is 4.30. The molecular formula is C24H20ClF2N7O. The molecule has 1 N–H and O–H groups in total. The van der Waals surface area contributed by atoms with Gasteiger partial charge in [0.25, 0.3) is 5.92 Å². The molecule has 1 aliphatic rings. The summed E-state index contributed by atoms with van der Waals surface area (Å²) in [5, 5.41) is 4.68. The van der Waals surface area contributed by atoms with Gasteiger partial charge in [0.2, 0.25) is 0 Å². The fourth-order valence-corrected chi connectivity index (χ4v) is 4.42. The molecule has 0 amide bonds. The number of hydrogen-bond acceptors (Lipinski definition) is 6. The van der Waals surface area contributed by atoms with Gasteiger partial charge in [0, 0.05) is 24.4 Å². The van der Waals surface area contributed by atoms with Crippen molar-refractivity contribution in [1.82, 2.24) is 34.6 Å². The van der Waals surface area contributed by atoms with Gasteiger partial charge in [-0.05, 0) is 31.2 Å². The third-order valence-corrected chi connectivity index (χ3v) is 6.27. The summed E-state index contributed by atoms with van der Waals surface area (Å²) in [5.41, 5.74) is 4.24. The monoisotopic (exact) mass is 495 g/mol. The SMILES string of the molecule is Cc1nc2ccc(Oc3ccc4ncc(-c5cnn(CCN6CC(F)(F)C6)c5)nc4c3Cl)cc2[nH]1. The van der Waals surface area contributed by atoms with Crippen LogP contribution in [0.25, 0.3) is 33.3 Å². The summed E-state index contributed by atoms with van der Waals surface area (Å²) in [6.07, 6.45) is 5.16. The van der Waals surface area contributed by atoms with Crippen LogP contribution in [0.15, 0.2) is 48.9 Å². The van der Waals surface area contributed by atoms with Gasteiger partial charge in [-0.3, -0.25) is 14.6 Å². The Kier molecular flexibility index (Phi) is 5.15. The summed E-state index contributed by atoms with van der Waals surface area (Å²) < 4.78 is 33.8. The van der Waals surface area contributed by atoms with Crippen LogP contribution >= 0.6 is 11.6 Å². The normalized spacial score (nSPS) is 15.5. The number of fused-ring (bicyclic) bond motifs is 2. The second-order valence-corrected chi connectivity index (χ2v) is 9.04. The largest absolute Gasteiger partial charge is 0.456 e. The highest BCUT2D eigenvalue weighted by Gasteiger charge is 2.43. The van der Waals surface area contributed by atoms with Gasteiger partial charge in [-0.15, -0.1) is 0 Å². The molecule has 11 heteroatoms. The number of benzene rings is 2. The predicted molar refractivity (Wildman–Crippen MR) is 128 cm³/mol. The number of rotatable bonds is 6. The molecule has 178 valence electrons. The number of imidazole rings is 1. The summed E-state index contributed by atoms with van der Waals surface area (Å²) in [4.78, 5) is 18.5. The van der Waals surface area contributed by atoms with E-state index in [1.807, 2.05) is 31.3 Å². The van der Waals surface area contributed by atoms with Gasteiger partial charge in [-0.25, -0.2) is 18.7 Å². The first-order valence-electron chi connectivity index (χ1n) is 11.1. The molecule has 5 aromatic rings. The number of H-pyrrole nitrogens is 1. The minimum atomic E-state index is -2.57. The fourth-order valence-electron chi connectivity index (χ4n) is 4.18. The van der Waals surface area contributed by atoms with Crippen LogP contribution in [0.2, 0.25) is 5.02 Å². The van der Waals surface area contributed by atoms with Gasteiger partial charge in [-0.2, -0.15) is 5.10 Å². The highest BCUT2D eigenvalue weighted by molar-refractivity contribution is 6.36. The highest BCUT2D eigenvalue weighted by atomic mass is 35.5. The van der Waals surface area contributed by atoms with Crippen molar-refractivity contribution >= 4 is 33.7 Å². The minimum absolute atomic E-state index is 0.199. The molecule has 0 spiro atoms. The van der Waals surface area contributed by atoms with E-state index in [9.17, 15) is 8.78 Å². The number of aryl methyl sites for hydroxylation is 1. The lowest BCUT2D eigenvalue weighted by Gasteiger charge is -2.38. The van der Waals surface area contributed by atoms with E-state index in [1.165, 1.54) is 0 Å². The van der Waals surface area contributed by atoms with Crippen molar-refractivity contribution in [2.75, 3.05) is 19.6 Å². The molecule has 8 nitrogen and oxygen atoms in total. The van der Waals surface area contributed by atoms with Crippen LogP contribution in [0.4, 0.5) is 8.78 Å². The maximum absolute atomic E-state index is 13.0. The highest BCUT2D eigenvalue weighted by Crippen LogP contribution is 2.35. The van der Waals surface area contributed by atoms with E-state index in [2.05, 4.69) is 20.1 Å². The van der Waals surface area contributed by atoms with Crippen LogP contribution in [-0.2, 0) is 6.54 Å². The smallest absolute Gasteiger partial charge is 0.272 e. The average molecular weight is 496 g/mol. The molecule has 0 atom stereocenters. The molecule has 0 bridgehead atoms. The van der Waals surface area contributed by atoms with E-state index in [4.69, 9.17) is 21.3 Å². The van der Waals surface area contributed by atoms with E-state index in [1.54, 1.807) is 34.1 Å². The van der Waals surface area contributed by atoms with E-state index in [0.29, 0.717) is 46.3 Å². The first-order chi connectivity index (χ1) is 16.8. The van der Waals surface area contributed by atoms with Gasteiger partial charge in [0.15, 0.2) is 0 Å². The predicted octanol–water partition coefficient (Wildman–Crippen LogP) is 5.07. The topological polar surface area (TPSA) is 84.8 Å². The Morgan fingerprint density at radius 3 is 2.74 bits per heavy atom. The van der Waals surface area contributed by atoms with Gasteiger partial charge in [0.1, 0.15) is 27.9 Å². The van der Waals surface area contributed by atoms with Crippen molar-refractivity contribution in [3.05, 3.63) is 59.8 Å². The zero-order chi connectivity index (χ0) is 24.2. The number of aromatic amines is 1. The standard InChI is InChI=1S/C24H20ClF2N7O/c1-14-30-17-3-2-16(8-19(17)31-14)35-21-5-4-18-23(22(21)25)32-20(10-28-18)15-9-29-34(11-15)7-6-33-12-24(26,27)13-33/h2-5,8-11H,6-7,12-13H2,1H3,(H,30,31). The summed E-state index contributed by atoms with van der Waals surface area (Å²) in [6, 6.07) is 9.15. The number of alkyl halides is 2. The van der Waals surface area contributed by atoms with Crippen molar-refractivity contribution in [1.29, 1.82) is 0 Å². The Balaban J connectivity index is 1.23. The molecule has 0 aliphatic carbocycles. The number of nitrogens with one attached hydrogen (secondary N) is 1. The molecule has 0 radical (unpaired) electrons. The minimum Gasteiger partial charge on any atom is -0.456 e. The van der Waals surface area contributed by atoms with Gasteiger partial charge < -0.3 is 9.72 Å². The summed E-state index contributed by atoms with van der Waals surface area (Å²) in [7, 11) is 0. The zero-order valence-electron chi connectivity index (χ0n) is 18.7. The summed E-state index contributed by atoms with van der Waals surface area (Å²) >= 11 is 6.67. The second kappa shape index (κ2) is 8.24. The first kappa shape index (κ1) is 21.9. The average Bonchev–Trinajstić information content (AvgIpc) is 3.43. The molecule has 0 unspecified atom stereocenters. The van der Waals surface area contributed by atoms with Gasteiger partial charge >= 0.3 is 0 Å².